The van der Waals surface area contributed by atoms with E-state index in [0.717, 1.165) is 13.1 Å². The Morgan fingerprint density at radius 2 is 2.06 bits per heavy atom. The van der Waals surface area contributed by atoms with Gasteiger partial charge in [-0.15, -0.1) is 0 Å². The number of hydrogen-bond donors (Lipinski definition) is 1. The number of nitrogens with zero attached hydrogens (tertiary/aromatic N) is 2. The average Bonchev–Trinajstić information content (AvgIpc) is 2.29. The van der Waals surface area contributed by atoms with Gasteiger partial charge in [0.1, 0.15) is 0 Å². The molecule has 0 aromatic rings. The summed E-state index contributed by atoms with van der Waals surface area (Å²) in [5, 5.41) is 11.8. The summed E-state index contributed by atoms with van der Waals surface area (Å²) in [5.74, 6) is 0.561. The fourth-order valence-electron chi connectivity index (χ4n) is 1.68. The van der Waals surface area contributed by atoms with Gasteiger partial charge in [-0.2, -0.15) is 5.26 Å². The molecule has 0 aromatic heterocycles. The van der Waals surface area contributed by atoms with Crippen LogP contribution in [0.25, 0.3) is 0 Å². The third-order valence-corrected chi connectivity index (χ3v) is 2.51. The van der Waals surface area contributed by atoms with Crippen LogP contribution in [0.2, 0.25) is 0 Å². The zero-order valence-electron chi connectivity index (χ0n) is 11.5. The van der Waals surface area contributed by atoms with Crippen LogP contribution in [0.5, 0.6) is 0 Å². The SMILES string of the molecule is CCNCC(C)C(=O)N(CCC#N)CC(C)C. The standard InChI is InChI=1S/C13H25N3O/c1-5-15-9-12(4)13(17)16(8-6-7-14)10-11(2)3/h11-12,15H,5-6,8-10H2,1-4H3. The molecule has 1 N–H and O–H groups in total. The van der Waals surface area contributed by atoms with Crippen molar-refractivity contribution in [3.8, 4) is 6.07 Å². The highest BCUT2D eigenvalue weighted by atomic mass is 16.2. The average molecular weight is 239 g/mol. The third kappa shape index (κ3) is 6.96. The van der Waals surface area contributed by atoms with Crippen molar-refractivity contribution in [2.24, 2.45) is 11.8 Å². The minimum Gasteiger partial charge on any atom is -0.341 e. The summed E-state index contributed by atoms with van der Waals surface area (Å²) in [4.78, 5) is 14.0. The maximum atomic E-state index is 12.2. The third-order valence-electron chi connectivity index (χ3n) is 2.51. The smallest absolute Gasteiger partial charge is 0.226 e. The van der Waals surface area contributed by atoms with E-state index in [9.17, 15) is 4.79 Å². The Hall–Kier alpha value is -1.08. The Morgan fingerprint density at radius 1 is 1.41 bits per heavy atom. The van der Waals surface area contributed by atoms with Crippen LogP contribution in [0.3, 0.4) is 0 Å². The fourth-order valence-corrected chi connectivity index (χ4v) is 1.68. The topological polar surface area (TPSA) is 56.1 Å². The van der Waals surface area contributed by atoms with E-state index in [4.69, 9.17) is 5.26 Å². The summed E-state index contributed by atoms with van der Waals surface area (Å²) in [6, 6.07) is 2.10. The molecule has 0 aliphatic rings. The van der Waals surface area contributed by atoms with E-state index in [0.29, 0.717) is 25.4 Å². The van der Waals surface area contributed by atoms with E-state index in [2.05, 4.69) is 25.2 Å². The number of amides is 1. The van der Waals surface area contributed by atoms with E-state index in [1.807, 2.05) is 18.7 Å². The van der Waals surface area contributed by atoms with Crippen LogP contribution in [-0.2, 0) is 4.79 Å². The monoisotopic (exact) mass is 239 g/mol. The summed E-state index contributed by atoms with van der Waals surface area (Å²) in [7, 11) is 0. The van der Waals surface area contributed by atoms with Gasteiger partial charge in [0.15, 0.2) is 0 Å². The van der Waals surface area contributed by atoms with Gasteiger partial charge in [-0.05, 0) is 12.5 Å². The molecule has 98 valence electrons. The van der Waals surface area contributed by atoms with E-state index < -0.39 is 0 Å². The van der Waals surface area contributed by atoms with Gasteiger partial charge < -0.3 is 10.2 Å². The molecule has 0 aliphatic heterocycles. The largest absolute Gasteiger partial charge is 0.341 e. The minimum atomic E-state index is -0.0209. The highest BCUT2D eigenvalue weighted by Crippen LogP contribution is 2.06. The molecular weight excluding hydrogens is 214 g/mol. The quantitative estimate of drug-likeness (QED) is 0.700. The highest BCUT2D eigenvalue weighted by molar-refractivity contribution is 5.78. The normalized spacial score (nSPS) is 12.2. The van der Waals surface area contributed by atoms with Gasteiger partial charge in [-0.3, -0.25) is 4.79 Å². The molecule has 0 spiro atoms. The van der Waals surface area contributed by atoms with Crippen LogP contribution < -0.4 is 5.32 Å². The summed E-state index contributed by atoms with van der Waals surface area (Å²) in [5.41, 5.74) is 0. The molecule has 17 heavy (non-hydrogen) atoms. The molecule has 0 radical (unpaired) electrons. The molecular formula is C13H25N3O. The van der Waals surface area contributed by atoms with Crippen LogP contribution in [0.15, 0.2) is 0 Å². The first-order valence-corrected chi connectivity index (χ1v) is 6.39. The second kappa shape index (κ2) is 9.00. The van der Waals surface area contributed by atoms with Gasteiger partial charge in [0, 0.05) is 25.6 Å². The van der Waals surface area contributed by atoms with Crippen LogP contribution >= 0.6 is 0 Å². The second-order valence-electron chi connectivity index (χ2n) is 4.79. The molecule has 1 atom stereocenters. The first-order chi connectivity index (χ1) is 8.02. The van der Waals surface area contributed by atoms with Crippen molar-refractivity contribution in [1.29, 1.82) is 5.26 Å². The Morgan fingerprint density at radius 3 is 2.53 bits per heavy atom. The minimum absolute atomic E-state index is 0.0209. The molecule has 0 saturated heterocycles. The lowest BCUT2D eigenvalue weighted by atomic mass is 10.1. The van der Waals surface area contributed by atoms with Crippen molar-refractivity contribution in [2.45, 2.75) is 34.1 Å². The summed E-state index contributed by atoms with van der Waals surface area (Å²) in [6.45, 7) is 11.0. The Balaban J connectivity index is 4.34. The zero-order chi connectivity index (χ0) is 13.3. The number of carbonyl (C=O) groups is 1. The first kappa shape index (κ1) is 15.9. The van der Waals surface area contributed by atoms with E-state index in [-0.39, 0.29) is 11.8 Å². The van der Waals surface area contributed by atoms with E-state index in [1.165, 1.54) is 0 Å². The van der Waals surface area contributed by atoms with Crippen molar-refractivity contribution in [3.63, 3.8) is 0 Å². The lowest BCUT2D eigenvalue weighted by Gasteiger charge is -2.26. The number of hydrogen-bond acceptors (Lipinski definition) is 3. The van der Waals surface area contributed by atoms with Crippen molar-refractivity contribution in [1.82, 2.24) is 10.2 Å². The molecule has 0 bridgehead atoms. The predicted molar refractivity (Wildman–Crippen MR) is 69.4 cm³/mol. The maximum absolute atomic E-state index is 12.2. The lowest BCUT2D eigenvalue weighted by Crippen LogP contribution is -2.41. The number of nitrogens with one attached hydrogen (secondary N) is 1. The van der Waals surface area contributed by atoms with E-state index >= 15 is 0 Å². The second-order valence-corrected chi connectivity index (χ2v) is 4.79. The number of rotatable bonds is 8. The molecule has 0 fully saturated rings. The molecule has 4 heteroatoms. The van der Waals surface area contributed by atoms with Gasteiger partial charge in [0.05, 0.1) is 12.5 Å². The number of carbonyl (C=O) groups excluding carboxylic acids is 1. The summed E-state index contributed by atoms with van der Waals surface area (Å²) in [6.07, 6.45) is 0.409. The maximum Gasteiger partial charge on any atom is 0.226 e. The van der Waals surface area contributed by atoms with Crippen molar-refractivity contribution < 1.29 is 4.79 Å². The predicted octanol–water partition coefficient (Wildman–Crippen LogP) is 1.63. The van der Waals surface area contributed by atoms with Gasteiger partial charge in [-0.1, -0.05) is 27.7 Å². The van der Waals surface area contributed by atoms with Crippen LogP contribution in [0, 0.1) is 23.2 Å². The zero-order valence-corrected chi connectivity index (χ0v) is 11.5. The molecule has 0 saturated carbocycles. The van der Waals surface area contributed by atoms with Crippen molar-refractivity contribution in [3.05, 3.63) is 0 Å². The highest BCUT2D eigenvalue weighted by Gasteiger charge is 2.20. The molecule has 0 heterocycles. The molecule has 1 amide bonds. The Bertz CT molecular complexity index is 258. The fraction of sp³-hybridized carbons (Fsp3) is 0.846. The van der Waals surface area contributed by atoms with E-state index in [1.54, 1.807) is 0 Å². The van der Waals surface area contributed by atoms with Crippen molar-refractivity contribution in [2.75, 3.05) is 26.2 Å². The molecule has 0 rings (SSSR count). The Kier molecular flexibility index (Phi) is 8.43. The molecule has 0 aromatic carbocycles. The number of nitriles is 1. The van der Waals surface area contributed by atoms with Gasteiger partial charge in [0.2, 0.25) is 5.91 Å². The van der Waals surface area contributed by atoms with Gasteiger partial charge in [0.25, 0.3) is 0 Å². The van der Waals surface area contributed by atoms with Crippen LogP contribution in [-0.4, -0.2) is 37.0 Å². The van der Waals surface area contributed by atoms with Gasteiger partial charge >= 0.3 is 0 Å². The van der Waals surface area contributed by atoms with Crippen molar-refractivity contribution >= 4 is 5.91 Å². The Labute approximate surface area is 105 Å². The molecule has 1 unspecified atom stereocenters. The molecule has 4 nitrogen and oxygen atoms in total. The van der Waals surface area contributed by atoms with Crippen LogP contribution in [0.4, 0.5) is 0 Å². The summed E-state index contributed by atoms with van der Waals surface area (Å²) < 4.78 is 0. The first-order valence-electron chi connectivity index (χ1n) is 6.39. The van der Waals surface area contributed by atoms with Gasteiger partial charge in [-0.25, -0.2) is 0 Å². The van der Waals surface area contributed by atoms with Crippen LogP contribution in [0.1, 0.15) is 34.1 Å². The lowest BCUT2D eigenvalue weighted by molar-refractivity contribution is -0.135. The molecule has 0 aliphatic carbocycles. The summed E-state index contributed by atoms with van der Waals surface area (Å²) >= 11 is 0.